The molecule has 0 aliphatic heterocycles. The van der Waals surface area contributed by atoms with Crippen LogP contribution in [0.4, 0.5) is 6.01 Å². The lowest BCUT2D eigenvalue weighted by Gasteiger charge is -2.02. The largest absolute Gasteiger partial charge is 0.497 e. The monoisotopic (exact) mass is 246 g/mol. The first-order valence-electron chi connectivity index (χ1n) is 6.00. The third-order valence-corrected chi connectivity index (χ3v) is 2.92. The Morgan fingerprint density at radius 2 is 1.94 bits per heavy atom. The number of anilines is 1. The zero-order valence-corrected chi connectivity index (χ0v) is 11.0. The van der Waals surface area contributed by atoms with Crippen molar-refractivity contribution in [1.82, 2.24) is 4.98 Å². The van der Waals surface area contributed by atoms with Crippen LogP contribution in [0.1, 0.15) is 17.0 Å². The Balaban J connectivity index is 1.99. The van der Waals surface area contributed by atoms with Crippen LogP contribution in [0.15, 0.2) is 28.7 Å². The molecular formula is C14H18N2O2. The van der Waals surface area contributed by atoms with E-state index < -0.39 is 0 Å². The van der Waals surface area contributed by atoms with Crippen LogP contribution in [0.3, 0.4) is 0 Å². The van der Waals surface area contributed by atoms with Gasteiger partial charge in [-0.1, -0.05) is 12.1 Å². The van der Waals surface area contributed by atoms with Crippen molar-refractivity contribution < 1.29 is 9.15 Å². The van der Waals surface area contributed by atoms with Crippen LogP contribution >= 0.6 is 0 Å². The minimum atomic E-state index is 0.581. The highest BCUT2D eigenvalue weighted by Gasteiger charge is 2.08. The summed E-state index contributed by atoms with van der Waals surface area (Å²) in [4.78, 5) is 4.37. The second-order valence-corrected chi connectivity index (χ2v) is 4.12. The van der Waals surface area contributed by atoms with Gasteiger partial charge in [-0.2, -0.15) is 4.98 Å². The van der Waals surface area contributed by atoms with Gasteiger partial charge in [-0.3, -0.25) is 0 Å². The molecule has 1 aromatic carbocycles. The van der Waals surface area contributed by atoms with Crippen molar-refractivity contribution in [1.29, 1.82) is 0 Å². The maximum atomic E-state index is 5.45. The average molecular weight is 246 g/mol. The molecule has 0 saturated heterocycles. The Bertz CT molecular complexity index is 503. The van der Waals surface area contributed by atoms with Gasteiger partial charge in [0.05, 0.1) is 12.8 Å². The van der Waals surface area contributed by atoms with Crippen LogP contribution in [-0.2, 0) is 12.8 Å². The van der Waals surface area contributed by atoms with Crippen molar-refractivity contribution in [2.75, 3.05) is 19.5 Å². The summed E-state index contributed by atoms with van der Waals surface area (Å²) in [6.07, 6.45) is 1.82. The van der Waals surface area contributed by atoms with Crippen LogP contribution in [0.2, 0.25) is 0 Å². The molecule has 0 spiro atoms. The molecular weight excluding hydrogens is 228 g/mol. The maximum absolute atomic E-state index is 5.45. The van der Waals surface area contributed by atoms with E-state index in [-0.39, 0.29) is 0 Å². The molecule has 18 heavy (non-hydrogen) atoms. The van der Waals surface area contributed by atoms with E-state index in [1.165, 1.54) is 5.56 Å². The fourth-order valence-corrected chi connectivity index (χ4v) is 1.82. The quantitative estimate of drug-likeness (QED) is 0.881. The lowest BCUT2D eigenvalue weighted by Crippen LogP contribution is -1.94. The normalized spacial score (nSPS) is 10.4. The molecule has 0 amide bonds. The predicted molar refractivity (Wildman–Crippen MR) is 71.2 cm³/mol. The number of oxazole rings is 1. The Hall–Kier alpha value is -1.97. The Morgan fingerprint density at radius 3 is 2.50 bits per heavy atom. The molecule has 4 heteroatoms. The molecule has 1 aromatic heterocycles. The highest BCUT2D eigenvalue weighted by Crippen LogP contribution is 2.17. The molecule has 1 N–H and O–H groups in total. The van der Waals surface area contributed by atoms with E-state index in [2.05, 4.69) is 22.4 Å². The van der Waals surface area contributed by atoms with Crippen molar-refractivity contribution in [2.45, 2.75) is 19.8 Å². The summed E-state index contributed by atoms with van der Waals surface area (Å²) in [5, 5.41) is 2.91. The summed E-state index contributed by atoms with van der Waals surface area (Å²) in [5.74, 6) is 1.77. The van der Waals surface area contributed by atoms with E-state index in [1.807, 2.05) is 19.1 Å². The molecule has 0 unspecified atom stereocenters. The number of nitrogens with zero attached hydrogens (tertiary/aromatic N) is 1. The van der Waals surface area contributed by atoms with Crippen LogP contribution in [0.5, 0.6) is 5.75 Å². The molecule has 96 valence electrons. The molecule has 0 saturated carbocycles. The molecule has 2 rings (SSSR count). The fraction of sp³-hybridized carbons (Fsp3) is 0.357. The van der Waals surface area contributed by atoms with Gasteiger partial charge in [-0.25, -0.2) is 0 Å². The van der Waals surface area contributed by atoms with Gasteiger partial charge in [0.15, 0.2) is 0 Å². The van der Waals surface area contributed by atoms with Crippen molar-refractivity contribution in [3.05, 3.63) is 41.3 Å². The van der Waals surface area contributed by atoms with Crippen molar-refractivity contribution in [3.63, 3.8) is 0 Å². The minimum absolute atomic E-state index is 0.581. The highest BCUT2D eigenvalue weighted by atomic mass is 16.5. The number of methoxy groups -OCH3 is 1. The molecule has 0 fully saturated rings. The Labute approximate surface area is 107 Å². The first kappa shape index (κ1) is 12.5. The van der Waals surface area contributed by atoms with Crippen molar-refractivity contribution in [2.24, 2.45) is 0 Å². The summed E-state index contributed by atoms with van der Waals surface area (Å²) >= 11 is 0. The summed E-state index contributed by atoms with van der Waals surface area (Å²) in [6, 6.07) is 8.69. The van der Waals surface area contributed by atoms with Gasteiger partial charge in [-0.05, 0) is 37.5 Å². The standard InChI is InChI=1S/C14H18N2O2/c1-10-13(16-14(15-2)18-10)9-6-11-4-7-12(17-3)8-5-11/h4-5,7-8H,6,9H2,1-3H3,(H,15,16). The molecule has 0 aliphatic carbocycles. The number of rotatable bonds is 5. The first-order valence-corrected chi connectivity index (χ1v) is 6.00. The smallest absolute Gasteiger partial charge is 0.294 e. The number of nitrogens with one attached hydrogen (secondary N) is 1. The summed E-state index contributed by atoms with van der Waals surface area (Å²) in [6.45, 7) is 1.94. The second kappa shape index (κ2) is 5.58. The molecule has 0 radical (unpaired) electrons. The fourth-order valence-electron chi connectivity index (χ4n) is 1.82. The predicted octanol–water partition coefficient (Wildman–Crippen LogP) is 2.82. The molecule has 0 atom stereocenters. The first-order chi connectivity index (χ1) is 8.72. The number of benzene rings is 1. The topological polar surface area (TPSA) is 47.3 Å². The molecule has 0 aliphatic rings. The summed E-state index contributed by atoms with van der Waals surface area (Å²) < 4.78 is 10.6. The second-order valence-electron chi connectivity index (χ2n) is 4.12. The number of hydrogen-bond acceptors (Lipinski definition) is 4. The van der Waals surface area contributed by atoms with E-state index in [4.69, 9.17) is 9.15 Å². The van der Waals surface area contributed by atoms with E-state index in [9.17, 15) is 0 Å². The lowest BCUT2D eigenvalue weighted by molar-refractivity contribution is 0.414. The van der Waals surface area contributed by atoms with E-state index in [0.29, 0.717) is 6.01 Å². The summed E-state index contributed by atoms with van der Waals surface area (Å²) in [7, 11) is 3.48. The zero-order chi connectivity index (χ0) is 13.0. The van der Waals surface area contributed by atoms with Gasteiger partial charge >= 0.3 is 0 Å². The minimum Gasteiger partial charge on any atom is -0.497 e. The van der Waals surface area contributed by atoms with Crippen molar-refractivity contribution >= 4 is 6.01 Å². The summed E-state index contributed by atoms with van der Waals surface area (Å²) in [5.41, 5.74) is 2.28. The maximum Gasteiger partial charge on any atom is 0.294 e. The Kier molecular flexibility index (Phi) is 3.87. The molecule has 0 bridgehead atoms. The van der Waals surface area contributed by atoms with Gasteiger partial charge < -0.3 is 14.5 Å². The van der Waals surface area contributed by atoms with Gasteiger partial charge in [0, 0.05) is 7.05 Å². The molecule has 1 heterocycles. The number of aryl methyl sites for hydroxylation is 3. The number of ether oxygens (including phenoxy) is 1. The third kappa shape index (κ3) is 2.83. The number of aromatic nitrogens is 1. The highest BCUT2D eigenvalue weighted by molar-refractivity contribution is 5.29. The molecule has 4 nitrogen and oxygen atoms in total. The van der Waals surface area contributed by atoms with Crippen LogP contribution in [0, 0.1) is 6.92 Å². The lowest BCUT2D eigenvalue weighted by atomic mass is 10.1. The van der Waals surface area contributed by atoms with Crippen LogP contribution in [-0.4, -0.2) is 19.1 Å². The van der Waals surface area contributed by atoms with Crippen LogP contribution < -0.4 is 10.1 Å². The average Bonchev–Trinajstić information content (AvgIpc) is 2.77. The van der Waals surface area contributed by atoms with Gasteiger partial charge in [0.25, 0.3) is 6.01 Å². The Morgan fingerprint density at radius 1 is 1.22 bits per heavy atom. The van der Waals surface area contributed by atoms with Gasteiger partial charge in [-0.15, -0.1) is 0 Å². The van der Waals surface area contributed by atoms with E-state index >= 15 is 0 Å². The van der Waals surface area contributed by atoms with Crippen LogP contribution in [0.25, 0.3) is 0 Å². The SMILES string of the molecule is CNc1nc(CCc2ccc(OC)cc2)c(C)o1. The molecule has 2 aromatic rings. The third-order valence-electron chi connectivity index (χ3n) is 2.92. The van der Waals surface area contributed by atoms with Gasteiger partial charge in [0.1, 0.15) is 11.5 Å². The zero-order valence-electron chi connectivity index (χ0n) is 11.0. The van der Waals surface area contributed by atoms with Gasteiger partial charge in [0.2, 0.25) is 0 Å². The van der Waals surface area contributed by atoms with E-state index in [1.54, 1.807) is 14.2 Å². The van der Waals surface area contributed by atoms with Crippen molar-refractivity contribution in [3.8, 4) is 5.75 Å². The van der Waals surface area contributed by atoms with E-state index in [0.717, 1.165) is 30.0 Å². The number of hydrogen-bond donors (Lipinski definition) is 1.